The van der Waals surface area contributed by atoms with Crippen LogP contribution in [0.4, 0.5) is 13.2 Å². The predicted octanol–water partition coefficient (Wildman–Crippen LogP) is 4.29. The Morgan fingerprint density at radius 3 is 2.38 bits per heavy atom. The van der Waals surface area contributed by atoms with E-state index in [1.54, 1.807) is 11.3 Å². The van der Waals surface area contributed by atoms with Gasteiger partial charge in [-0.2, -0.15) is 13.2 Å². The third-order valence-corrected chi connectivity index (χ3v) is 4.27. The average molecular weight is 314 g/mol. The molecule has 1 aromatic heterocycles. The fraction of sp³-hybridized carbons (Fsp3) is 0.333. The van der Waals surface area contributed by atoms with Gasteiger partial charge in [0.25, 0.3) is 0 Å². The van der Waals surface area contributed by atoms with Crippen molar-refractivity contribution in [3.05, 3.63) is 57.8 Å². The minimum atomic E-state index is -4.30. The zero-order valence-electron chi connectivity index (χ0n) is 11.4. The Morgan fingerprint density at radius 2 is 1.86 bits per heavy atom. The van der Waals surface area contributed by atoms with Crippen molar-refractivity contribution in [1.82, 2.24) is 5.43 Å². The van der Waals surface area contributed by atoms with Crippen LogP contribution in [0.1, 0.15) is 34.9 Å². The molecule has 0 aliphatic carbocycles. The number of aryl methyl sites for hydroxylation is 1. The highest BCUT2D eigenvalue weighted by atomic mass is 32.1. The zero-order valence-corrected chi connectivity index (χ0v) is 12.2. The van der Waals surface area contributed by atoms with Crippen LogP contribution in [0.5, 0.6) is 0 Å². The number of hydrogen-bond donors (Lipinski definition) is 2. The molecule has 0 bridgehead atoms. The van der Waals surface area contributed by atoms with Crippen LogP contribution in [-0.2, 0) is 12.6 Å². The summed E-state index contributed by atoms with van der Waals surface area (Å²) in [7, 11) is 0. The van der Waals surface area contributed by atoms with Crippen molar-refractivity contribution in [2.24, 2.45) is 5.84 Å². The summed E-state index contributed by atoms with van der Waals surface area (Å²) in [5.41, 5.74) is 2.82. The molecular formula is C15H17F3N2S. The lowest BCUT2D eigenvalue weighted by Crippen LogP contribution is -2.28. The van der Waals surface area contributed by atoms with E-state index in [1.165, 1.54) is 17.0 Å². The minimum Gasteiger partial charge on any atom is -0.271 e. The molecule has 1 unspecified atom stereocenters. The van der Waals surface area contributed by atoms with Gasteiger partial charge in [-0.25, -0.2) is 0 Å². The molecule has 0 saturated carbocycles. The maximum atomic E-state index is 12.5. The Hall–Kier alpha value is -1.37. The van der Waals surface area contributed by atoms with Crippen molar-refractivity contribution >= 4 is 11.3 Å². The van der Waals surface area contributed by atoms with Crippen LogP contribution in [-0.4, -0.2) is 0 Å². The van der Waals surface area contributed by atoms with Gasteiger partial charge in [-0.3, -0.25) is 11.3 Å². The van der Waals surface area contributed by atoms with Gasteiger partial charge in [0.2, 0.25) is 0 Å². The Labute approximate surface area is 125 Å². The molecule has 2 rings (SSSR count). The van der Waals surface area contributed by atoms with Crippen LogP contribution < -0.4 is 11.3 Å². The van der Waals surface area contributed by atoms with E-state index in [1.807, 2.05) is 11.4 Å². The first-order chi connectivity index (χ1) is 10.0. The van der Waals surface area contributed by atoms with Gasteiger partial charge < -0.3 is 0 Å². The Balaban J connectivity index is 1.94. The number of benzene rings is 1. The van der Waals surface area contributed by atoms with Gasteiger partial charge in [-0.05, 0) is 48.4 Å². The molecule has 114 valence electrons. The summed E-state index contributed by atoms with van der Waals surface area (Å²) in [5.74, 6) is 5.52. The standard InChI is InChI=1S/C15H17F3N2S/c16-15(17,18)12-8-6-11(7-9-12)14(20-19)5-1-3-13-4-2-10-21-13/h2,4,6-10,14,20H,1,3,5,19H2. The highest BCUT2D eigenvalue weighted by molar-refractivity contribution is 7.09. The first-order valence-corrected chi connectivity index (χ1v) is 7.54. The summed E-state index contributed by atoms with van der Waals surface area (Å²) < 4.78 is 37.6. The monoisotopic (exact) mass is 314 g/mol. The van der Waals surface area contributed by atoms with Crippen LogP contribution in [0.25, 0.3) is 0 Å². The van der Waals surface area contributed by atoms with Crippen molar-refractivity contribution in [1.29, 1.82) is 0 Å². The molecule has 2 aromatic rings. The lowest BCUT2D eigenvalue weighted by molar-refractivity contribution is -0.137. The number of nitrogens with one attached hydrogen (secondary N) is 1. The molecule has 1 aromatic carbocycles. The lowest BCUT2D eigenvalue weighted by atomic mass is 10.00. The summed E-state index contributed by atoms with van der Waals surface area (Å²) in [6.45, 7) is 0. The Kier molecular flexibility index (Phi) is 5.39. The van der Waals surface area contributed by atoms with Crippen molar-refractivity contribution in [3.63, 3.8) is 0 Å². The highest BCUT2D eigenvalue weighted by Gasteiger charge is 2.30. The molecule has 0 saturated heterocycles. The highest BCUT2D eigenvalue weighted by Crippen LogP contribution is 2.30. The normalized spacial score (nSPS) is 13.3. The molecule has 3 N–H and O–H groups in total. The van der Waals surface area contributed by atoms with E-state index in [0.29, 0.717) is 0 Å². The first-order valence-electron chi connectivity index (χ1n) is 6.66. The SMILES string of the molecule is NNC(CCCc1cccs1)c1ccc(C(F)(F)F)cc1. The lowest BCUT2D eigenvalue weighted by Gasteiger charge is -2.17. The molecule has 0 fully saturated rings. The summed E-state index contributed by atoms with van der Waals surface area (Å²) in [4.78, 5) is 1.30. The van der Waals surface area contributed by atoms with Gasteiger partial charge in [0.05, 0.1) is 5.56 Å². The summed E-state index contributed by atoms with van der Waals surface area (Å²) in [6.07, 6.45) is -1.64. The fourth-order valence-electron chi connectivity index (χ4n) is 2.19. The zero-order chi connectivity index (χ0) is 15.3. The smallest absolute Gasteiger partial charge is 0.271 e. The number of hydrogen-bond acceptors (Lipinski definition) is 3. The second-order valence-electron chi connectivity index (χ2n) is 4.81. The fourth-order valence-corrected chi connectivity index (χ4v) is 2.94. The van der Waals surface area contributed by atoms with Crippen LogP contribution in [0.15, 0.2) is 41.8 Å². The largest absolute Gasteiger partial charge is 0.416 e. The van der Waals surface area contributed by atoms with Gasteiger partial charge in [0, 0.05) is 10.9 Å². The van der Waals surface area contributed by atoms with Crippen LogP contribution in [0, 0.1) is 0 Å². The molecule has 0 radical (unpaired) electrons. The van der Waals surface area contributed by atoms with Crippen LogP contribution in [0.2, 0.25) is 0 Å². The molecule has 0 spiro atoms. The third-order valence-electron chi connectivity index (χ3n) is 3.34. The van der Waals surface area contributed by atoms with Crippen LogP contribution >= 0.6 is 11.3 Å². The number of rotatable bonds is 6. The van der Waals surface area contributed by atoms with E-state index in [4.69, 9.17) is 5.84 Å². The minimum absolute atomic E-state index is 0.132. The molecule has 0 aliphatic rings. The predicted molar refractivity (Wildman–Crippen MR) is 78.8 cm³/mol. The van der Waals surface area contributed by atoms with E-state index in [9.17, 15) is 13.2 Å². The Morgan fingerprint density at radius 1 is 1.14 bits per heavy atom. The van der Waals surface area contributed by atoms with E-state index in [-0.39, 0.29) is 6.04 Å². The second kappa shape index (κ2) is 7.06. The molecule has 1 heterocycles. The van der Waals surface area contributed by atoms with Crippen molar-refractivity contribution in [3.8, 4) is 0 Å². The first kappa shape index (κ1) is 16.0. The molecule has 6 heteroatoms. The molecule has 21 heavy (non-hydrogen) atoms. The van der Waals surface area contributed by atoms with E-state index in [0.717, 1.165) is 37.0 Å². The molecule has 2 nitrogen and oxygen atoms in total. The number of thiophene rings is 1. The van der Waals surface area contributed by atoms with E-state index < -0.39 is 11.7 Å². The molecule has 1 atom stereocenters. The van der Waals surface area contributed by atoms with Crippen LogP contribution in [0.3, 0.4) is 0 Å². The Bertz CT molecular complexity index is 535. The number of halogens is 3. The van der Waals surface area contributed by atoms with Crippen molar-refractivity contribution < 1.29 is 13.2 Å². The maximum Gasteiger partial charge on any atom is 0.416 e. The van der Waals surface area contributed by atoms with Gasteiger partial charge in [-0.15, -0.1) is 11.3 Å². The molecule has 0 aliphatic heterocycles. The quantitative estimate of drug-likeness (QED) is 0.616. The van der Waals surface area contributed by atoms with Gasteiger partial charge >= 0.3 is 6.18 Å². The third kappa shape index (κ3) is 4.56. The van der Waals surface area contributed by atoms with E-state index >= 15 is 0 Å². The van der Waals surface area contributed by atoms with Crippen molar-refractivity contribution in [2.45, 2.75) is 31.5 Å². The van der Waals surface area contributed by atoms with Gasteiger partial charge in [0.15, 0.2) is 0 Å². The van der Waals surface area contributed by atoms with Gasteiger partial charge in [-0.1, -0.05) is 18.2 Å². The number of alkyl halides is 3. The van der Waals surface area contributed by atoms with E-state index in [2.05, 4.69) is 11.5 Å². The summed E-state index contributed by atoms with van der Waals surface area (Å²) in [6, 6.07) is 9.11. The summed E-state index contributed by atoms with van der Waals surface area (Å²) in [5, 5.41) is 2.03. The summed E-state index contributed by atoms with van der Waals surface area (Å²) >= 11 is 1.71. The van der Waals surface area contributed by atoms with Crippen molar-refractivity contribution in [2.75, 3.05) is 0 Å². The average Bonchev–Trinajstić information content (AvgIpc) is 2.96. The second-order valence-corrected chi connectivity index (χ2v) is 5.84. The number of nitrogens with two attached hydrogens (primary N) is 1. The molecule has 0 amide bonds. The van der Waals surface area contributed by atoms with Gasteiger partial charge in [0.1, 0.15) is 0 Å². The maximum absolute atomic E-state index is 12.5. The topological polar surface area (TPSA) is 38.0 Å². The number of hydrazine groups is 1. The molecular weight excluding hydrogens is 297 g/mol.